The monoisotopic (exact) mass is 443 g/mol. The van der Waals surface area contributed by atoms with Crippen molar-refractivity contribution in [1.82, 2.24) is 4.98 Å². The maximum Gasteiger partial charge on any atom is 0.300 e. The third kappa shape index (κ3) is 3.65. The highest BCUT2D eigenvalue weighted by Gasteiger charge is 2.47. The van der Waals surface area contributed by atoms with E-state index in [0.717, 1.165) is 31.6 Å². The van der Waals surface area contributed by atoms with E-state index in [0.29, 0.717) is 11.3 Å². The molecule has 1 aromatic heterocycles. The van der Waals surface area contributed by atoms with Gasteiger partial charge in [0.15, 0.2) is 0 Å². The number of anilines is 2. The Morgan fingerprint density at radius 3 is 2.21 bits per heavy atom. The van der Waals surface area contributed by atoms with Gasteiger partial charge in [0.05, 0.1) is 11.6 Å². The summed E-state index contributed by atoms with van der Waals surface area (Å²) in [6.07, 6.45) is 5.22. The number of carbonyl (C=O) groups is 2. The molecule has 166 valence electrons. The molecule has 2 fully saturated rings. The Kier molecular flexibility index (Phi) is 5.38. The number of hydrogen-bond donors (Lipinski definition) is 1. The topological polar surface area (TPSA) is 73.7 Å². The number of nitrogens with zero attached hydrogens (tertiary/aromatic N) is 3. The highest BCUT2D eigenvalue weighted by Crippen LogP contribution is 2.43. The molecule has 2 aliphatic rings. The van der Waals surface area contributed by atoms with Crippen molar-refractivity contribution in [2.75, 3.05) is 22.9 Å². The summed E-state index contributed by atoms with van der Waals surface area (Å²) in [5.41, 5.74) is 1.80. The number of hydrogen-bond acceptors (Lipinski definition) is 5. The molecule has 7 heteroatoms. The second-order valence-electron chi connectivity index (χ2n) is 8.14. The van der Waals surface area contributed by atoms with Gasteiger partial charge in [-0.3, -0.25) is 19.5 Å². The minimum absolute atomic E-state index is 0.135. The van der Waals surface area contributed by atoms with Crippen molar-refractivity contribution in [2.24, 2.45) is 0 Å². The van der Waals surface area contributed by atoms with Crippen molar-refractivity contribution in [3.05, 3.63) is 95.6 Å². The van der Waals surface area contributed by atoms with E-state index in [4.69, 9.17) is 0 Å². The third-order valence-electron chi connectivity index (χ3n) is 6.20. The summed E-state index contributed by atoms with van der Waals surface area (Å²) in [7, 11) is 0. The molecule has 2 aromatic carbocycles. The summed E-state index contributed by atoms with van der Waals surface area (Å²) in [6, 6.07) is 15.3. The highest BCUT2D eigenvalue weighted by atomic mass is 19.1. The maximum atomic E-state index is 14.9. The molecule has 3 heterocycles. The molecule has 0 bridgehead atoms. The van der Waals surface area contributed by atoms with Gasteiger partial charge in [-0.1, -0.05) is 18.2 Å². The van der Waals surface area contributed by atoms with Crippen LogP contribution in [0, 0.1) is 5.82 Å². The molecule has 1 N–H and O–H groups in total. The van der Waals surface area contributed by atoms with Crippen LogP contribution < -0.4 is 9.80 Å². The van der Waals surface area contributed by atoms with Crippen LogP contribution in [0.25, 0.3) is 5.76 Å². The van der Waals surface area contributed by atoms with Crippen LogP contribution >= 0.6 is 0 Å². The van der Waals surface area contributed by atoms with Gasteiger partial charge in [-0.15, -0.1) is 0 Å². The fraction of sp³-hybridized carbons (Fsp3) is 0.192. The van der Waals surface area contributed by atoms with E-state index >= 15 is 0 Å². The lowest BCUT2D eigenvalue weighted by atomic mass is 9.95. The molecule has 1 atom stereocenters. The summed E-state index contributed by atoms with van der Waals surface area (Å²) < 4.78 is 14.9. The van der Waals surface area contributed by atoms with Crippen molar-refractivity contribution >= 4 is 28.8 Å². The molecular formula is C26H22FN3O3. The van der Waals surface area contributed by atoms with Crippen LogP contribution in [-0.4, -0.2) is 34.9 Å². The summed E-state index contributed by atoms with van der Waals surface area (Å²) in [5, 5.41) is 11.0. The van der Waals surface area contributed by atoms with Crippen molar-refractivity contribution in [3.63, 3.8) is 0 Å². The number of ketones is 1. The summed E-state index contributed by atoms with van der Waals surface area (Å²) in [5.74, 6) is -2.60. The molecule has 6 nitrogen and oxygen atoms in total. The van der Waals surface area contributed by atoms with Gasteiger partial charge in [0.25, 0.3) is 11.7 Å². The molecule has 1 unspecified atom stereocenters. The highest BCUT2D eigenvalue weighted by molar-refractivity contribution is 6.51. The summed E-state index contributed by atoms with van der Waals surface area (Å²) >= 11 is 0. The van der Waals surface area contributed by atoms with Crippen LogP contribution in [0.1, 0.15) is 30.0 Å². The van der Waals surface area contributed by atoms with Gasteiger partial charge in [0.2, 0.25) is 0 Å². The molecule has 0 saturated carbocycles. The Morgan fingerprint density at radius 2 is 1.55 bits per heavy atom. The first-order valence-electron chi connectivity index (χ1n) is 10.9. The number of aromatic nitrogens is 1. The van der Waals surface area contributed by atoms with Crippen LogP contribution in [0.4, 0.5) is 15.8 Å². The van der Waals surface area contributed by atoms with E-state index in [1.165, 1.54) is 41.6 Å². The van der Waals surface area contributed by atoms with Gasteiger partial charge >= 0.3 is 0 Å². The summed E-state index contributed by atoms with van der Waals surface area (Å²) in [4.78, 5) is 33.7. The smallest absolute Gasteiger partial charge is 0.300 e. The first-order valence-corrected chi connectivity index (χ1v) is 10.9. The molecule has 0 radical (unpaired) electrons. The zero-order valence-corrected chi connectivity index (χ0v) is 17.8. The zero-order chi connectivity index (χ0) is 22.9. The fourth-order valence-corrected chi connectivity index (χ4v) is 4.55. The molecule has 1 amide bonds. The van der Waals surface area contributed by atoms with Gasteiger partial charge in [0.1, 0.15) is 11.6 Å². The van der Waals surface area contributed by atoms with E-state index in [9.17, 15) is 19.1 Å². The SMILES string of the molecule is O=C1C(=O)N(c2ccc(N3CCCC3)cc2)C(c2ccccc2F)/C1=C(\O)c1ccncc1. The minimum Gasteiger partial charge on any atom is -0.507 e. The molecule has 33 heavy (non-hydrogen) atoms. The van der Waals surface area contributed by atoms with Crippen LogP contribution in [0.2, 0.25) is 0 Å². The normalized spacial score (nSPS) is 20.0. The van der Waals surface area contributed by atoms with E-state index in [-0.39, 0.29) is 16.9 Å². The van der Waals surface area contributed by atoms with Crippen molar-refractivity contribution in [1.29, 1.82) is 0 Å². The number of aliphatic hydroxyl groups is 1. The van der Waals surface area contributed by atoms with E-state index < -0.39 is 23.5 Å². The summed E-state index contributed by atoms with van der Waals surface area (Å²) in [6.45, 7) is 1.95. The van der Waals surface area contributed by atoms with Crippen molar-refractivity contribution < 1.29 is 19.1 Å². The maximum absolute atomic E-state index is 14.9. The number of benzene rings is 2. The van der Waals surface area contributed by atoms with Crippen LogP contribution in [0.5, 0.6) is 0 Å². The average molecular weight is 443 g/mol. The number of halogens is 1. The Balaban J connectivity index is 1.64. The quantitative estimate of drug-likeness (QED) is 0.367. The lowest BCUT2D eigenvalue weighted by Gasteiger charge is -2.26. The molecule has 2 saturated heterocycles. The Labute approximate surface area is 190 Å². The second kappa shape index (κ2) is 8.50. The Hall–Kier alpha value is -4.00. The molecular weight excluding hydrogens is 421 g/mol. The van der Waals surface area contributed by atoms with Crippen molar-refractivity contribution in [2.45, 2.75) is 18.9 Å². The number of aliphatic hydroxyl groups excluding tert-OH is 1. The molecule has 0 aliphatic carbocycles. The van der Waals surface area contributed by atoms with E-state index in [2.05, 4.69) is 9.88 Å². The number of pyridine rings is 1. The van der Waals surface area contributed by atoms with Gasteiger partial charge in [0, 0.05) is 48.0 Å². The number of amides is 1. The van der Waals surface area contributed by atoms with Crippen LogP contribution in [-0.2, 0) is 9.59 Å². The van der Waals surface area contributed by atoms with Gasteiger partial charge in [-0.05, 0) is 55.3 Å². The number of Topliss-reactive ketones (excluding diaryl/α,β-unsaturated/α-hetero) is 1. The minimum atomic E-state index is -1.10. The predicted molar refractivity (Wildman–Crippen MR) is 123 cm³/mol. The van der Waals surface area contributed by atoms with Crippen LogP contribution in [0.3, 0.4) is 0 Å². The van der Waals surface area contributed by atoms with Gasteiger partial charge in [-0.25, -0.2) is 4.39 Å². The molecule has 5 rings (SSSR count). The van der Waals surface area contributed by atoms with E-state index in [1.807, 2.05) is 12.1 Å². The number of carbonyl (C=O) groups excluding carboxylic acids is 2. The average Bonchev–Trinajstić information content (AvgIpc) is 3.47. The fourth-order valence-electron chi connectivity index (χ4n) is 4.55. The first-order chi connectivity index (χ1) is 16.1. The number of rotatable bonds is 4. The lowest BCUT2D eigenvalue weighted by Crippen LogP contribution is -2.30. The van der Waals surface area contributed by atoms with Crippen molar-refractivity contribution in [3.8, 4) is 0 Å². The first kappa shape index (κ1) is 20.9. The molecule has 2 aliphatic heterocycles. The zero-order valence-electron chi connectivity index (χ0n) is 17.8. The third-order valence-corrected chi connectivity index (χ3v) is 6.20. The molecule has 0 spiro atoms. The Bertz CT molecular complexity index is 1240. The standard InChI is InChI=1S/C26H22FN3O3/c27-21-6-2-1-5-20(21)23-22(24(31)17-11-13-28-14-12-17)25(32)26(33)30(23)19-9-7-18(8-10-19)29-15-3-4-16-29/h1-2,5-14,23,31H,3-4,15-16H2/b24-22+. The lowest BCUT2D eigenvalue weighted by molar-refractivity contribution is -0.132. The molecule has 3 aromatic rings. The van der Waals surface area contributed by atoms with E-state index in [1.54, 1.807) is 24.3 Å². The van der Waals surface area contributed by atoms with Gasteiger partial charge < -0.3 is 10.0 Å². The largest absolute Gasteiger partial charge is 0.507 e. The van der Waals surface area contributed by atoms with Gasteiger partial charge in [-0.2, -0.15) is 0 Å². The predicted octanol–water partition coefficient (Wildman–Crippen LogP) is 4.45. The Morgan fingerprint density at radius 1 is 0.909 bits per heavy atom. The second-order valence-corrected chi connectivity index (χ2v) is 8.14. The van der Waals surface area contributed by atoms with Crippen LogP contribution in [0.15, 0.2) is 78.6 Å².